The van der Waals surface area contributed by atoms with Gasteiger partial charge in [0.1, 0.15) is 11.5 Å². The van der Waals surface area contributed by atoms with Gasteiger partial charge in [0.2, 0.25) is 0 Å². The molecule has 0 spiro atoms. The van der Waals surface area contributed by atoms with E-state index in [2.05, 4.69) is 0 Å². The molecule has 0 aliphatic heterocycles. The van der Waals surface area contributed by atoms with Gasteiger partial charge < -0.3 is 19.3 Å². The van der Waals surface area contributed by atoms with Crippen molar-refractivity contribution in [2.45, 2.75) is 12.8 Å². The summed E-state index contributed by atoms with van der Waals surface area (Å²) >= 11 is 0. The highest BCUT2D eigenvalue weighted by molar-refractivity contribution is 6.15. The second kappa shape index (κ2) is 7.99. The number of rotatable bonds is 5. The molecular weight excluding hydrogens is 344 g/mol. The summed E-state index contributed by atoms with van der Waals surface area (Å²) in [7, 11) is 4.69. The molecule has 3 rings (SSSR count). The molecule has 27 heavy (non-hydrogen) atoms. The van der Waals surface area contributed by atoms with Crippen LogP contribution in [0.1, 0.15) is 24.0 Å². The Morgan fingerprint density at radius 3 is 1.93 bits per heavy atom. The number of methoxy groups -OCH3 is 3. The van der Waals surface area contributed by atoms with Crippen LogP contribution in [-0.4, -0.2) is 32.2 Å². The Hall–Kier alpha value is -3.21. The Labute approximate surface area is 158 Å². The largest absolute Gasteiger partial charge is 0.504 e. The van der Waals surface area contributed by atoms with Gasteiger partial charge in [-0.15, -0.1) is 0 Å². The third kappa shape index (κ3) is 4.14. The fourth-order valence-electron chi connectivity index (χ4n) is 3.09. The zero-order valence-corrected chi connectivity index (χ0v) is 15.6. The molecule has 5 heteroatoms. The van der Waals surface area contributed by atoms with Gasteiger partial charge in [-0.25, -0.2) is 0 Å². The first-order chi connectivity index (χ1) is 13.0. The lowest BCUT2D eigenvalue weighted by Gasteiger charge is -2.06. The molecule has 0 atom stereocenters. The number of Topliss-reactive ketones (excluding diaryl/α,β-unsaturated/α-hetero) is 1. The zero-order valence-electron chi connectivity index (χ0n) is 15.6. The first-order valence-corrected chi connectivity index (χ1v) is 8.60. The van der Waals surface area contributed by atoms with Crippen molar-refractivity contribution < 1.29 is 24.1 Å². The summed E-state index contributed by atoms with van der Waals surface area (Å²) in [5.74, 6) is 1.83. The standard InChI is InChI=1S/C22H22O5/c1-25-18-10-15(11-19(13-18)26-2)9-17-6-5-16(22(17)24)8-14-4-7-21(27-3)20(23)12-14/h4,7-13,23H,5-6H2,1-3H3/b16-8+,17-9+. The van der Waals surface area contributed by atoms with Gasteiger partial charge in [-0.2, -0.15) is 0 Å². The van der Waals surface area contributed by atoms with Crippen LogP contribution < -0.4 is 14.2 Å². The first-order valence-electron chi connectivity index (χ1n) is 8.60. The minimum Gasteiger partial charge on any atom is -0.504 e. The van der Waals surface area contributed by atoms with E-state index in [1.54, 1.807) is 32.4 Å². The second-order valence-electron chi connectivity index (χ2n) is 6.25. The van der Waals surface area contributed by atoms with E-state index in [0.717, 1.165) is 22.3 Å². The Bertz CT molecular complexity index is 902. The SMILES string of the molecule is COc1cc(/C=C2\CC/C(=C\c3ccc(OC)c(O)c3)C2=O)cc(OC)c1. The summed E-state index contributed by atoms with van der Waals surface area (Å²) in [5.41, 5.74) is 3.09. The van der Waals surface area contributed by atoms with Gasteiger partial charge in [0, 0.05) is 17.2 Å². The number of ether oxygens (including phenoxy) is 3. The van der Waals surface area contributed by atoms with Gasteiger partial charge in [0.05, 0.1) is 21.3 Å². The molecule has 0 radical (unpaired) electrons. The van der Waals surface area contributed by atoms with Crippen LogP contribution in [0.5, 0.6) is 23.0 Å². The number of phenols is 1. The van der Waals surface area contributed by atoms with E-state index in [9.17, 15) is 9.90 Å². The first kappa shape index (κ1) is 18.6. The third-order valence-electron chi connectivity index (χ3n) is 4.51. The van der Waals surface area contributed by atoms with Crippen molar-refractivity contribution in [2.75, 3.05) is 21.3 Å². The van der Waals surface area contributed by atoms with E-state index in [-0.39, 0.29) is 11.5 Å². The second-order valence-corrected chi connectivity index (χ2v) is 6.25. The van der Waals surface area contributed by atoms with Gasteiger partial charge in [0.15, 0.2) is 17.3 Å². The maximum atomic E-state index is 12.7. The predicted octanol–water partition coefficient (Wildman–Crippen LogP) is 4.25. The van der Waals surface area contributed by atoms with Gasteiger partial charge in [0.25, 0.3) is 0 Å². The number of hydrogen-bond donors (Lipinski definition) is 1. The number of hydrogen-bond acceptors (Lipinski definition) is 5. The van der Waals surface area contributed by atoms with Gasteiger partial charge >= 0.3 is 0 Å². The molecule has 0 bridgehead atoms. The van der Waals surface area contributed by atoms with Crippen LogP contribution in [0, 0.1) is 0 Å². The summed E-state index contributed by atoms with van der Waals surface area (Å²) in [6.07, 6.45) is 5.03. The molecule has 1 saturated carbocycles. The average molecular weight is 366 g/mol. The Morgan fingerprint density at radius 2 is 1.41 bits per heavy atom. The summed E-state index contributed by atoms with van der Waals surface area (Å²) in [6.45, 7) is 0. The van der Waals surface area contributed by atoms with E-state index in [1.165, 1.54) is 7.11 Å². The van der Waals surface area contributed by atoms with Crippen molar-refractivity contribution in [3.05, 3.63) is 58.7 Å². The summed E-state index contributed by atoms with van der Waals surface area (Å²) in [6, 6.07) is 10.6. The molecular formula is C22H22O5. The van der Waals surface area contributed by atoms with Gasteiger partial charge in [-0.05, 0) is 60.4 Å². The lowest BCUT2D eigenvalue weighted by molar-refractivity contribution is -0.111. The molecule has 2 aromatic rings. The number of phenolic OH excluding ortho intramolecular Hbond substituents is 1. The number of benzene rings is 2. The van der Waals surface area contributed by atoms with Crippen LogP contribution in [0.3, 0.4) is 0 Å². The molecule has 0 aromatic heterocycles. The summed E-state index contributed by atoms with van der Waals surface area (Å²) in [5, 5.41) is 9.90. The highest BCUT2D eigenvalue weighted by Gasteiger charge is 2.23. The number of carbonyl (C=O) groups excluding carboxylic acids is 1. The predicted molar refractivity (Wildman–Crippen MR) is 104 cm³/mol. The van der Waals surface area contributed by atoms with Crippen molar-refractivity contribution in [1.82, 2.24) is 0 Å². The summed E-state index contributed by atoms with van der Waals surface area (Å²) < 4.78 is 15.6. The van der Waals surface area contributed by atoms with Crippen molar-refractivity contribution in [2.24, 2.45) is 0 Å². The molecule has 5 nitrogen and oxygen atoms in total. The lowest BCUT2D eigenvalue weighted by atomic mass is 10.1. The Kier molecular flexibility index (Phi) is 5.50. The van der Waals surface area contributed by atoms with E-state index in [4.69, 9.17) is 14.2 Å². The van der Waals surface area contributed by atoms with Crippen LogP contribution in [0.25, 0.3) is 12.2 Å². The molecule has 0 heterocycles. The molecule has 140 valence electrons. The fraction of sp³-hybridized carbons (Fsp3) is 0.227. The van der Waals surface area contributed by atoms with Crippen molar-refractivity contribution >= 4 is 17.9 Å². The quantitative estimate of drug-likeness (QED) is 0.802. The highest BCUT2D eigenvalue weighted by atomic mass is 16.5. The van der Waals surface area contributed by atoms with E-state index < -0.39 is 0 Å². The minimum absolute atomic E-state index is 0.0205. The highest BCUT2D eigenvalue weighted by Crippen LogP contribution is 2.33. The van der Waals surface area contributed by atoms with Crippen LogP contribution in [0.2, 0.25) is 0 Å². The van der Waals surface area contributed by atoms with Crippen LogP contribution in [0.4, 0.5) is 0 Å². The number of aromatic hydroxyl groups is 1. The zero-order chi connectivity index (χ0) is 19.4. The van der Waals surface area contributed by atoms with E-state index in [1.807, 2.05) is 30.4 Å². The molecule has 0 amide bonds. The van der Waals surface area contributed by atoms with Crippen molar-refractivity contribution in [3.63, 3.8) is 0 Å². The molecule has 0 unspecified atom stereocenters. The van der Waals surface area contributed by atoms with Crippen molar-refractivity contribution in [3.8, 4) is 23.0 Å². The smallest absolute Gasteiger partial charge is 0.185 e. The average Bonchev–Trinajstić information content (AvgIpc) is 3.01. The van der Waals surface area contributed by atoms with Gasteiger partial charge in [-0.1, -0.05) is 6.07 Å². The van der Waals surface area contributed by atoms with E-state index >= 15 is 0 Å². The lowest BCUT2D eigenvalue weighted by Crippen LogP contribution is -1.96. The molecule has 1 aliphatic rings. The van der Waals surface area contributed by atoms with Crippen LogP contribution in [0.15, 0.2) is 47.5 Å². The normalized spacial score (nSPS) is 16.8. The van der Waals surface area contributed by atoms with Crippen molar-refractivity contribution in [1.29, 1.82) is 0 Å². The van der Waals surface area contributed by atoms with E-state index in [0.29, 0.717) is 30.1 Å². The molecule has 0 saturated heterocycles. The van der Waals surface area contributed by atoms with Gasteiger partial charge in [-0.3, -0.25) is 4.79 Å². The van der Waals surface area contributed by atoms with Crippen LogP contribution in [-0.2, 0) is 4.79 Å². The fourth-order valence-corrected chi connectivity index (χ4v) is 3.09. The van der Waals surface area contributed by atoms with Crippen LogP contribution >= 0.6 is 0 Å². The third-order valence-corrected chi connectivity index (χ3v) is 4.51. The minimum atomic E-state index is 0.0205. The topological polar surface area (TPSA) is 65.0 Å². The number of allylic oxidation sites excluding steroid dienone is 2. The molecule has 1 fully saturated rings. The number of carbonyl (C=O) groups is 1. The molecule has 1 N–H and O–H groups in total. The maximum absolute atomic E-state index is 12.7. The summed E-state index contributed by atoms with van der Waals surface area (Å²) in [4.78, 5) is 12.7. The number of ketones is 1. The Balaban J connectivity index is 1.86. The molecule has 1 aliphatic carbocycles. The maximum Gasteiger partial charge on any atom is 0.185 e. The monoisotopic (exact) mass is 366 g/mol. The Morgan fingerprint density at radius 1 is 0.815 bits per heavy atom. The molecule has 2 aromatic carbocycles.